The molecule has 9 heteroatoms. The number of aliphatic imine (C=N–C) groups is 1. The Labute approximate surface area is 202 Å². The standard InChI is InChI=1S/C26H31F6N3/c1-7-11-12-33-16-20(9-3)19(6)17-35(10-4)34-24(18(5)8-2)21-13-22(25(27,28)29)15-23(14-21)26(30,31)32/h9-18H,4,7-8H2,1-3,5-6H3/b12-11?,19-17+,20-9+,33-16?,34-24+. The predicted molar refractivity (Wildman–Crippen MR) is 130 cm³/mol. The number of benzene rings is 1. The summed E-state index contributed by atoms with van der Waals surface area (Å²) in [4.78, 5) is 4.19. The van der Waals surface area contributed by atoms with Crippen LogP contribution < -0.4 is 0 Å². The molecule has 0 fully saturated rings. The molecule has 0 aliphatic heterocycles. The summed E-state index contributed by atoms with van der Waals surface area (Å²) in [7, 11) is 0. The van der Waals surface area contributed by atoms with Gasteiger partial charge in [-0.25, -0.2) is 5.01 Å². The molecule has 0 heterocycles. The second-order valence-electron chi connectivity index (χ2n) is 7.78. The molecule has 0 bridgehead atoms. The van der Waals surface area contributed by atoms with E-state index in [0.29, 0.717) is 24.1 Å². The number of rotatable bonds is 10. The van der Waals surface area contributed by atoms with Crippen molar-refractivity contribution < 1.29 is 26.3 Å². The zero-order chi connectivity index (χ0) is 26.8. The van der Waals surface area contributed by atoms with Crippen LogP contribution in [0.25, 0.3) is 0 Å². The molecule has 0 aromatic heterocycles. The fourth-order valence-electron chi connectivity index (χ4n) is 2.95. The highest BCUT2D eigenvalue weighted by Crippen LogP contribution is 2.37. The zero-order valence-corrected chi connectivity index (χ0v) is 20.5. The van der Waals surface area contributed by atoms with Crippen molar-refractivity contribution >= 4 is 11.9 Å². The van der Waals surface area contributed by atoms with Gasteiger partial charge >= 0.3 is 12.4 Å². The van der Waals surface area contributed by atoms with E-state index in [9.17, 15) is 26.3 Å². The number of hydrogen-bond donors (Lipinski definition) is 0. The van der Waals surface area contributed by atoms with Gasteiger partial charge in [-0.1, -0.05) is 39.5 Å². The Bertz CT molecular complexity index is 979. The Morgan fingerprint density at radius 1 is 1.06 bits per heavy atom. The Morgan fingerprint density at radius 2 is 1.63 bits per heavy atom. The second-order valence-corrected chi connectivity index (χ2v) is 7.78. The topological polar surface area (TPSA) is 28.0 Å². The lowest BCUT2D eigenvalue weighted by Crippen LogP contribution is -2.19. The molecule has 0 aliphatic carbocycles. The minimum atomic E-state index is -4.95. The molecular formula is C26H31F6N3. The fraction of sp³-hybridized carbons (Fsp3) is 0.385. The van der Waals surface area contributed by atoms with Gasteiger partial charge in [-0.15, -0.1) is 0 Å². The highest BCUT2D eigenvalue weighted by Gasteiger charge is 2.37. The Balaban J connectivity index is 3.63. The van der Waals surface area contributed by atoms with Crippen LogP contribution in [0.2, 0.25) is 0 Å². The molecule has 0 spiro atoms. The molecule has 0 saturated carbocycles. The summed E-state index contributed by atoms with van der Waals surface area (Å²) in [5.74, 6) is -0.433. The Morgan fingerprint density at radius 3 is 2.06 bits per heavy atom. The Kier molecular flexibility index (Phi) is 11.2. The maximum atomic E-state index is 13.4. The first-order valence-corrected chi connectivity index (χ1v) is 11.1. The molecule has 0 saturated heterocycles. The lowest BCUT2D eigenvalue weighted by molar-refractivity contribution is -0.143. The Hall–Kier alpha value is -3.10. The van der Waals surface area contributed by atoms with E-state index in [2.05, 4.69) is 16.7 Å². The van der Waals surface area contributed by atoms with Crippen LogP contribution in [-0.2, 0) is 12.4 Å². The predicted octanol–water partition coefficient (Wildman–Crippen LogP) is 8.76. The van der Waals surface area contributed by atoms with E-state index in [1.54, 1.807) is 39.4 Å². The van der Waals surface area contributed by atoms with Crippen LogP contribution in [0.3, 0.4) is 0 Å². The normalized spacial score (nSPS) is 15.2. The van der Waals surface area contributed by atoms with Crippen molar-refractivity contribution in [3.8, 4) is 0 Å². The quantitative estimate of drug-likeness (QED) is 0.137. The van der Waals surface area contributed by atoms with E-state index in [1.807, 2.05) is 26.0 Å². The number of allylic oxidation sites excluding steroid dienone is 4. The molecule has 0 aliphatic rings. The largest absolute Gasteiger partial charge is 0.416 e. The third-order valence-corrected chi connectivity index (χ3v) is 5.11. The first-order valence-electron chi connectivity index (χ1n) is 11.1. The maximum Gasteiger partial charge on any atom is 0.416 e. The first kappa shape index (κ1) is 29.9. The molecule has 1 aromatic rings. The van der Waals surface area contributed by atoms with Crippen LogP contribution in [0.1, 0.15) is 64.2 Å². The van der Waals surface area contributed by atoms with Gasteiger partial charge in [0.2, 0.25) is 0 Å². The molecule has 1 atom stereocenters. The lowest BCUT2D eigenvalue weighted by Gasteiger charge is -2.20. The van der Waals surface area contributed by atoms with Gasteiger partial charge in [0.15, 0.2) is 0 Å². The smallest absolute Gasteiger partial charge is 0.264 e. The number of halogens is 6. The number of hydrogen-bond acceptors (Lipinski definition) is 3. The van der Waals surface area contributed by atoms with Crippen molar-refractivity contribution in [2.75, 3.05) is 0 Å². The van der Waals surface area contributed by atoms with E-state index in [-0.39, 0.29) is 17.3 Å². The molecule has 35 heavy (non-hydrogen) atoms. The van der Waals surface area contributed by atoms with Crippen LogP contribution in [0.15, 0.2) is 76.8 Å². The molecule has 1 rings (SSSR count). The van der Waals surface area contributed by atoms with E-state index < -0.39 is 29.4 Å². The summed E-state index contributed by atoms with van der Waals surface area (Å²) in [5.41, 5.74) is -1.47. The van der Waals surface area contributed by atoms with Crippen molar-refractivity contribution in [1.82, 2.24) is 5.01 Å². The molecular weight excluding hydrogens is 468 g/mol. The van der Waals surface area contributed by atoms with Crippen molar-refractivity contribution in [3.05, 3.63) is 83.4 Å². The fourth-order valence-corrected chi connectivity index (χ4v) is 2.95. The van der Waals surface area contributed by atoms with Gasteiger partial charge in [0, 0.05) is 30.7 Å². The number of hydrazone groups is 1. The highest BCUT2D eigenvalue weighted by atomic mass is 19.4. The van der Waals surface area contributed by atoms with Crippen molar-refractivity contribution in [1.29, 1.82) is 0 Å². The van der Waals surface area contributed by atoms with E-state index in [4.69, 9.17) is 0 Å². The molecule has 192 valence electrons. The highest BCUT2D eigenvalue weighted by molar-refractivity contribution is 6.02. The minimum absolute atomic E-state index is 0.0784. The molecule has 1 unspecified atom stereocenters. The third kappa shape index (κ3) is 9.22. The summed E-state index contributed by atoms with van der Waals surface area (Å²) >= 11 is 0. The third-order valence-electron chi connectivity index (χ3n) is 5.11. The summed E-state index contributed by atoms with van der Waals surface area (Å²) in [5, 5.41) is 5.66. The average molecular weight is 500 g/mol. The van der Waals surface area contributed by atoms with Gasteiger partial charge < -0.3 is 0 Å². The van der Waals surface area contributed by atoms with Gasteiger partial charge in [0.25, 0.3) is 0 Å². The average Bonchev–Trinajstić information content (AvgIpc) is 2.79. The molecule has 0 amide bonds. The van der Waals surface area contributed by atoms with Crippen LogP contribution in [0.4, 0.5) is 26.3 Å². The number of nitrogens with zero attached hydrogens (tertiary/aromatic N) is 3. The van der Waals surface area contributed by atoms with Gasteiger partial charge in [-0.3, -0.25) is 4.99 Å². The summed E-state index contributed by atoms with van der Waals surface area (Å²) in [6.07, 6.45) is 1.29. The minimum Gasteiger partial charge on any atom is -0.264 e. The van der Waals surface area contributed by atoms with E-state index in [1.165, 1.54) is 11.2 Å². The monoisotopic (exact) mass is 499 g/mol. The first-order chi connectivity index (χ1) is 16.3. The summed E-state index contributed by atoms with van der Waals surface area (Å²) < 4.78 is 80.4. The summed E-state index contributed by atoms with van der Waals surface area (Å²) in [6, 6.07) is 1.50. The molecule has 0 radical (unpaired) electrons. The molecule has 0 N–H and O–H groups in total. The number of alkyl halides is 6. The molecule has 1 aromatic carbocycles. The zero-order valence-electron chi connectivity index (χ0n) is 20.5. The van der Waals surface area contributed by atoms with Crippen molar-refractivity contribution in [2.24, 2.45) is 16.0 Å². The van der Waals surface area contributed by atoms with Crippen LogP contribution in [0, 0.1) is 5.92 Å². The van der Waals surface area contributed by atoms with Gasteiger partial charge in [-0.05, 0) is 61.6 Å². The van der Waals surface area contributed by atoms with Crippen molar-refractivity contribution in [3.63, 3.8) is 0 Å². The van der Waals surface area contributed by atoms with Crippen LogP contribution in [-0.4, -0.2) is 16.9 Å². The lowest BCUT2D eigenvalue weighted by atomic mass is 9.93. The summed E-state index contributed by atoms with van der Waals surface area (Å²) in [6.45, 7) is 12.7. The van der Waals surface area contributed by atoms with Crippen molar-refractivity contribution in [2.45, 2.75) is 59.8 Å². The second kappa shape index (κ2) is 13.1. The van der Waals surface area contributed by atoms with Gasteiger partial charge in [-0.2, -0.15) is 31.4 Å². The molecule has 3 nitrogen and oxygen atoms in total. The SMILES string of the molecule is C=CN(/C=C(C)/C(C=NC=CCC)=C/C)/N=C(/c1cc(C(F)(F)F)cc(C(F)(F)F)c1)C(C)CC. The van der Waals surface area contributed by atoms with Gasteiger partial charge in [0.05, 0.1) is 16.8 Å². The van der Waals surface area contributed by atoms with Crippen LogP contribution >= 0.6 is 0 Å². The van der Waals surface area contributed by atoms with E-state index >= 15 is 0 Å². The van der Waals surface area contributed by atoms with Crippen LogP contribution in [0.5, 0.6) is 0 Å². The maximum absolute atomic E-state index is 13.4. The van der Waals surface area contributed by atoms with Gasteiger partial charge in [0.1, 0.15) is 0 Å². The van der Waals surface area contributed by atoms with E-state index in [0.717, 1.165) is 12.0 Å².